The molecule has 0 spiro atoms. The van der Waals surface area contributed by atoms with Gasteiger partial charge in [-0.3, -0.25) is 0 Å². The van der Waals surface area contributed by atoms with Crippen molar-refractivity contribution in [3.8, 4) is 22.3 Å². The van der Waals surface area contributed by atoms with Crippen LogP contribution in [0.3, 0.4) is 0 Å². The third-order valence-corrected chi connectivity index (χ3v) is 11.6. The molecule has 2 heterocycles. The largest absolute Gasteiger partial charge is 0.307 e. The number of halogens is 2. The van der Waals surface area contributed by atoms with Gasteiger partial charge in [-0.05, 0) is 78.7 Å². The molecule has 0 amide bonds. The Balaban J connectivity index is 1.48. The Labute approximate surface area is 299 Å². The molecule has 2 nitrogen and oxygen atoms in total. The lowest BCUT2D eigenvalue weighted by atomic mass is 9.85. The average molecular weight is 689 g/mol. The fraction of sp³-hybridized carbons (Fsp3) is 0.0455. The molecular formula is C44H30F2N2S2. The fourth-order valence-electron chi connectivity index (χ4n) is 7.27. The van der Waals surface area contributed by atoms with E-state index in [2.05, 4.69) is 95.6 Å². The minimum absolute atomic E-state index is 0.325. The Hall–Kier alpha value is -5.30. The molecule has 0 radical (unpaired) electrons. The molecule has 9 rings (SSSR count). The highest BCUT2D eigenvalue weighted by Crippen LogP contribution is 2.59. The molecule has 0 unspecified atom stereocenters. The molecule has 0 aromatic heterocycles. The van der Waals surface area contributed by atoms with Crippen LogP contribution in [0.2, 0.25) is 0 Å². The lowest BCUT2D eigenvalue weighted by molar-refractivity contribution is 0.630. The van der Waals surface area contributed by atoms with Crippen molar-refractivity contribution in [3.05, 3.63) is 169 Å². The van der Waals surface area contributed by atoms with Crippen LogP contribution in [0.15, 0.2) is 171 Å². The van der Waals surface area contributed by atoms with Gasteiger partial charge < -0.3 is 9.80 Å². The Bertz CT molecular complexity index is 2190. The lowest BCUT2D eigenvalue weighted by Crippen LogP contribution is -2.20. The SMILES string of the molecule is CCc1c(-c2ccccc2F)c(N2c3ccccc3Sc3ccccc32)cc(N2c3ccccc3Sc3ccccc32)c1-c1ccccc1F. The van der Waals surface area contributed by atoms with Gasteiger partial charge in [-0.15, -0.1) is 0 Å². The van der Waals surface area contributed by atoms with Crippen LogP contribution in [-0.4, -0.2) is 0 Å². The number of hydrogen-bond acceptors (Lipinski definition) is 4. The standard InChI is InChI=1S/C44H30F2N2S2/c1-2-28-43(29-15-3-5-17-31(29)45)37(47-33-19-7-11-23-39(33)49-40-24-12-8-20-34(40)47)27-38(44(28)30-16-4-6-18-32(30)46)48-35-21-9-13-25-41(35)50-42-26-14-10-22-36(42)48/h3-27H,2H2,1H3. The van der Waals surface area contributed by atoms with Crippen LogP contribution in [0, 0.1) is 11.6 Å². The average Bonchev–Trinajstić information content (AvgIpc) is 3.16. The molecular weight excluding hydrogens is 659 g/mol. The van der Waals surface area contributed by atoms with Crippen molar-refractivity contribution in [2.45, 2.75) is 32.9 Å². The molecule has 0 fully saturated rings. The normalized spacial score (nSPS) is 12.9. The molecule has 0 bridgehead atoms. The maximum atomic E-state index is 16.3. The minimum atomic E-state index is -0.325. The summed E-state index contributed by atoms with van der Waals surface area (Å²) in [7, 11) is 0. The first kappa shape index (κ1) is 30.7. The van der Waals surface area contributed by atoms with E-state index < -0.39 is 0 Å². The quantitative estimate of drug-likeness (QED) is 0.177. The maximum absolute atomic E-state index is 16.3. The van der Waals surface area contributed by atoms with E-state index in [0.717, 1.165) is 70.4 Å². The molecule has 0 atom stereocenters. The first-order valence-corrected chi connectivity index (χ1v) is 18.3. The van der Waals surface area contributed by atoms with Gasteiger partial charge in [0, 0.05) is 41.8 Å². The van der Waals surface area contributed by atoms with Crippen LogP contribution < -0.4 is 9.80 Å². The minimum Gasteiger partial charge on any atom is -0.307 e. The number of rotatable bonds is 5. The summed E-state index contributed by atoms with van der Waals surface area (Å²) in [6.45, 7) is 2.08. The molecule has 7 aromatic carbocycles. The predicted octanol–water partition coefficient (Wildman–Crippen LogP) is 13.7. The summed E-state index contributed by atoms with van der Waals surface area (Å²) in [4.78, 5) is 8.96. The molecule has 2 aliphatic rings. The van der Waals surface area contributed by atoms with E-state index in [1.165, 1.54) is 12.1 Å². The topological polar surface area (TPSA) is 6.48 Å². The van der Waals surface area contributed by atoms with E-state index in [4.69, 9.17) is 0 Å². The van der Waals surface area contributed by atoms with Crippen LogP contribution in [0.5, 0.6) is 0 Å². The van der Waals surface area contributed by atoms with Crippen molar-refractivity contribution < 1.29 is 8.78 Å². The summed E-state index contributed by atoms with van der Waals surface area (Å²) in [6, 6.07) is 49.5. The van der Waals surface area contributed by atoms with Gasteiger partial charge in [0.05, 0.1) is 34.1 Å². The van der Waals surface area contributed by atoms with Gasteiger partial charge in [-0.2, -0.15) is 0 Å². The summed E-state index contributed by atoms with van der Waals surface area (Å²) in [6.07, 6.45) is 0.534. The van der Waals surface area contributed by atoms with E-state index in [9.17, 15) is 0 Å². The number of nitrogens with zero attached hydrogens (tertiary/aromatic N) is 2. The molecule has 50 heavy (non-hydrogen) atoms. The van der Waals surface area contributed by atoms with Crippen LogP contribution >= 0.6 is 23.5 Å². The summed E-state index contributed by atoms with van der Waals surface area (Å²) in [5.41, 5.74) is 9.02. The lowest BCUT2D eigenvalue weighted by Gasteiger charge is -2.39. The van der Waals surface area contributed by atoms with Gasteiger partial charge in [-0.1, -0.05) is 115 Å². The number of anilines is 6. The summed E-state index contributed by atoms with van der Waals surface area (Å²) >= 11 is 3.47. The first-order chi connectivity index (χ1) is 24.6. The highest BCUT2D eigenvalue weighted by atomic mass is 32.2. The van der Waals surface area contributed by atoms with Crippen LogP contribution in [-0.2, 0) is 6.42 Å². The zero-order chi connectivity index (χ0) is 33.8. The van der Waals surface area contributed by atoms with Gasteiger partial charge in [-0.25, -0.2) is 8.78 Å². The van der Waals surface area contributed by atoms with Crippen molar-refractivity contribution in [3.63, 3.8) is 0 Å². The third kappa shape index (κ3) is 4.93. The summed E-state index contributed by atoms with van der Waals surface area (Å²) in [5.74, 6) is -0.651. The van der Waals surface area contributed by atoms with E-state index >= 15 is 8.78 Å². The van der Waals surface area contributed by atoms with E-state index in [-0.39, 0.29) is 11.6 Å². The zero-order valence-corrected chi connectivity index (χ0v) is 28.7. The van der Waals surface area contributed by atoms with Crippen molar-refractivity contribution in [1.29, 1.82) is 0 Å². The van der Waals surface area contributed by atoms with Gasteiger partial charge in [0.25, 0.3) is 0 Å². The second-order valence-corrected chi connectivity index (χ2v) is 14.4. The number of benzene rings is 7. The van der Waals surface area contributed by atoms with Gasteiger partial charge >= 0.3 is 0 Å². The molecule has 0 saturated carbocycles. The first-order valence-electron chi connectivity index (χ1n) is 16.6. The molecule has 7 aromatic rings. The van der Waals surface area contributed by atoms with Crippen molar-refractivity contribution in [2.75, 3.05) is 9.80 Å². The van der Waals surface area contributed by atoms with Crippen molar-refractivity contribution >= 4 is 57.6 Å². The number of fused-ring (bicyclic) bond motifs is 4. The second-order valence-electron chi connectivity index (χ2n) is 12.2. The fourth-order valence-corrected chi connectivity index (χ4v) is 9.39. The molecule has 6 heteroatoms. The van der Waals surface area contributed by atoms with Crippen molar-refractivity contribution in [1.82, 2.24) is 0 Å². The van der Waals surface area contributed by atoms with Gasteiger partial charge in [0.2, 0.25) is 0 Å². The summed E-state index contributed by atoms with van der Waals surface area (Å²) in [5, 5.41) is 0. The van der Waals surface area contributed by atoms with Crippen molar-refractivity contribution in [2.24, 2.45) is 0 Å². The Morgan fingerprint density at radius 1 is 0.420 bits per heavy atom. The molecule has 242 valence electrons. The number of para-hydroxylation sites is 4. The molecule has 0 saturated heterocycles. The maximum Gasteiger partial charge on any atom is 0.131 e. The highest BCUT2D eigenvalue weighted by Gasteiger charge is 2.34. The molecule has 0 aliphatic carbocycles. The number of hydrogen-bond donors (Lipinski definition) is 0. The van der Waals surface area contributed by atoms with Crippen LogP contribution in [0.25, 0.3) is 22.3 Å². The Morgan fingerprint density at radius 2 is 0.740 bits per heavy atom. The monoisotopic (exact) mass is 688 g/mol. The van der Waals surface area contributed by atoms with Crippen LogP contribution in [0.4, 0.5) is 42.9 Å². The second kappa shape index (κ2) is 12.5. The highest BCUT2D eigenvalue weighted by molar-refractivity contribution is 8.00. The zero-order valence-electron chi connectivity index (χ0n) is 27.1. The smallest absolute Gasteiger partial charge is 0.131 e. The third-order valence-electron chi connectivity index (χ3n) is 9.38. The van der Waals surface area contributed by atoms with E-state index in [0.29, 0.717) is 17.5 Å². The Morgan fingerprint density at radius 3 is 1.08 bits per heavy atom. The summed E-state index contributed by atoms with van der Waals surface area (Å²) < 4.78 is 32.6. The molecule has 2 aliphatic heterocycles. The predicted molar refractivity (Wildman–Crippen MR) is 204 cm³/mol. The van der Waals surface area contributed by atoms with Gasteiger partial charge in [0.1, 0.15) is 11.6 Å². The van der Waals surface area contributed by atoms with E-state index in [1.807, 2.05) is 48.5 Å². The molecule has 0 N–H and O–H groups in total. The Kier molecular flexibility index (Phi) is 7.71. The van der Waals surface area contributed by atoms with Gasteiger partial charge in [0.15, 0.2) is 0 Å². The van der Waals surface area contributed by atoms with E-state index in [1.54, 1.807) is 35.7 Å². The van der Waals surface area contributed by atoms with Crippen LogP contribution in [0.1, 0.15) is 12.5 Å².